The number of likely N-dealkylation sites (tertiary alicyclic amines) is 1. The second kappa shape index (κ2) is 6.05. The molecule has 0 saturated carbocycles. The number of urea groups is 1. The Labute approximate surface area is 128 Å². The highest BCUT2D eigenvalue weighted by Gasteiger charge is 2.28. The minimum absolute atomic E-state index is 0.00559. The van der Waals surface area contributed by atoms with Crippen LogP contribution in [0.5, 0.6) is 0 Å². The Morgan fingerprint density at radius 1 is 1.45 bits per heavy atom. The van der Waals surface area contributed by atoms with Crippen LogP contribution in [0.25, 0.3) is 5.65 Å². The van der Waals surface area contributed by atoms with Crippen molar-refractivity contribution in [2.24, 2.45) is 0 Å². The van der Waals surface area contributed by atoms with Gasteiger partial charge in [-0.3, -0.25) is 4.79 Å². The summed E-state index contributed by atoms with van der Waals surface area (Å²) in [5, 5.41) is 5.51. The first kappa shape index (κ1) is 14.4. The molecule has 1 aliphatic rings. The second-order valence-corrected chi connectivity index (χ2v) is 5.32. The summed E-state index contributed by atoms with van der Waals surface area (Å²) >= 11 is 0. The number of pyridine rings is 1. The van der Waals surface area contributed by atoms with Crippen LogP contribution < -0.4 is 10.6 Å². The van der Waals surface area contributed by atoms with Crippen molar-refractivity contribution < 1.29 is 9.59 Å². The van der Waals surface area contributed by atoms with Gasteiger partial charge in [0.15, 0.2) is 0 Å². The maximum absolute atomic E-state index is 12.2. The highest BCUT2D eigenvalue weighted by atomic mass is 16.2. The molecule has 3 heterocycles. The van der Waals surface area contributed by atoms with Crippen molar-refractivity contribution in [2.45, 2.75) is 25.8 Å². The van der Waals surface area contributed by atoms with Crippen molar-refractivity contribution in [3.8, 4) is 0 Å². The van der Waals surface area contributed by atoms with E-state index in [1.165, 1.54) is 0 Å². The number of nitrogens with one attached hydrogen (secondary N) is 2. The highest BCUT2D eigenvalue weighted by molar-refractivity contribution is 5.93. The molecule has 116 valence electrons. The van der Waals surface area contributed by atoms with Crippen LogP contribution in [0, 0.1) is 0 Å². The topological polar surface area (TPSA) is 78.7 Å². The number of hydrogen-bond acceptors (Lipinski definition) is 3. The van der Waals surface area contributed by atoms with E-state index in [1.54, 1.807) is 23.4 Å². The fourth-order valence-corrected chi connectivity index (χ4v) is 2.71. The van der Waals surface area contributed by atoms with E-state index in [2.05, 4.69) is 15.6 Å². The molecule has 3 rings (SSSR count). The van der Waals surface area contributed by atoms with Gasteiger partial charge in [-0.15, -0.1) is 0 Å². The molecule has 2 aromatic heterocycles. The van der Waals surface area contributed by atoms with Crippen LogP contribution in [-0.4, -0.2) is 45.4 Å². The van der Waals surface area contributed by atoms with Crippen LogP contribution in [0.4, 0.5) is 10.5 Å². The molecular formula is C15H19N5O2. The number of carbonyl (C=O) groups excluding carboxylic acids is 2. The third-order valence-corrected chi connectivity index (χ3v) is 3.86. The predicted molar refractivity (Wildman–Crippen MR) is 82.6 cm³/mol. The second-order valence-electron chi connectivity index (χ2n) is 5.32. The smallest absolute Gasteiger partial charge is 0.319 e. The molecule has 0 radical (unpaired) electrons. The largest absolute Gasteiger partial charge is 0.341 e. The first-order valence-corrected chi connectivity index (χ1v) is 7.46. The molecule has 22 heavy (non-hydrogen) atoms. The molecule has 1 fully saturated rings. The number of likely N-dealkylation sites (N-methyl/N-ethyl adjacent to an activating group) is 1. The van der Waals surface area contributed by atoms with Crippen molar-refractivity contribution in [3.63, 3.8) is 0 Å². The third kappa shape index (κ3) is 2.88. The number of rotatable bonds is 3. The van der Waals surface area contributed by atoms with E-state index < -0.39 is 6.04 Å². The molecule has 0 spiro atoms. The molecule has 1 unspecified atom stereocenters. The van der Waals surface area contributed by atoms with Crippen molar-refractivity contribution in [3.05, 3.63) is 30.7 Å². The summed E-state index contributed by atoms with van der Waals surface area (Å²) in [6.07, 6.45) is 6.87. The highest BCUT2D eigenvalue weighted by Crippen LogP contribution is 2.13. The lowest BCUT2D eigenvalue weighted by Crippen LogP contribution is -2.52. The van der Waals surface area contributed by atoms with Crippen LogP contribution in [-0.2, 0) is 4.79 Å². The minimum atomic E-state index is -0.439. The molecule has 7 nitrogen and oxygen atoms in total. The number of imidazole rings is 1. The van der Waals surface area contributed by atoms with Gasteiger partial charge in [-0.2, -0.15) is 0 Å². The summed E-state index contributed by atoms with van der Waals surface area (Å²) in [6, 6.07) is 2.80. The molecule has 7 heteroatoms. The summed E-state index contributed by atoms with van der Waals surface area (Å²) in [5.41, 5.74) is 1.46. The first-order valence-electron chi connectivity index (χ1n) is 7.46. The zero-order chi connectivity index (χ0) is 15.5. The molecule has 2 aromatic rings. The molecule has 2 N–H and O–H groups in total. The number of aromatic nitrogens is 2. The number of piperidine rings is 1. The lowest BCUT2D eigenvalue weighted by Gasteiger charge is -2.31. The monoisotopic (exact) mass is 301 g/mol. The van der Waals surface area contributed by atoms with Gasteiger partial charge in [0.2, 0.25) is 5.91 Å². The van der Waals surface area contributed by atoms with Gasteiger partial charge in [0.1, 0.15) is 11.7 Å². The zero-order valence-electron chi connectivity index (χ0n) is 12.5. The third-order valence-electron chi connectivity index (χ3n) is 3.86. The molecule has 1 aliphatic heterocycles. The van der Waals surface area contributed by atoms with Gasteiger partial charge in [-0.25, -0.2) is 9.78 Å². The Bertz CT molecular complexity index is 696. The van der Waals surface area contributed by atoms with E-state index in [9.17, 15) is 9.59 Å². The Kier molecular flexibility index (Phi) is 3.95. The maximum Gasteiger partial charge on any atom is 0.319 e. The Morgan fingerprint density at radius 2 is 2.32 bits per heavy atom. The Morgan fingerprint density at radius 3 is 3.14 bits per heavy atom. The van der Waals surface area contributed by atoms with Crippen molar-refractivity contribution in [1.82, 2.24) is 19.6 Å². The fraction of sp³-hybridized carbons (Fsp3) is 0.400. The predicted octanol–water partition coefficient (Wildman–Crippen LogP) is 1.47. The quantitative estimate of drug-likeness (QED) is 0.901. The van der Waals surface area contributed by atoms with Crippen LogP contribution in [0.15, 0.2) is 30.7 Å². The molecular weight excluding hydrogens is 282 g/mol. The van der Waals surface area contributed by atoms with Gasteiger partial charge < -0.3 is 19.9 Å². The van der Waals surface area contributed by atoms with Gasteiger partial charge in [0.25, 0.3) is 0 Å². The van der Waals surface area contributed by atoms with Crippen LogP contribution in [0.1, 0.15) is 19.8 Å². The lowest BCUT2D eigenvalue weighted by atomic mass is 10.1. The number of fused-ring (bicyclic) bond motifs is 1. The number of nitrogens with zero attached hydrogens (tertiary/aromatic N) is 3. The van der Waals surface area contributed by atoms with Gasteiger partial charge in [0.05, 0.1) is 5.69 Å². The van der Waals surface area contributed by atoms with Gasteiger partial charge >= 0.3 is 6.03 Å². The number of anilines is 1. The number of amides is 3. The molecule has 0 bridgehead atoms. The Hall–Kier alpha value is -2.57. The van der Waals surface area contributed by atoms with E-state index in [4.69, 9.17) is 0 Å². The fourth-order valence-electron chi connectivity index (χ4n) is 2.71. The molecule has 3 amide bonds. The zero-order valence-corrected chi connectivity index (χ0v) is 12.5. The van der Waals surface area contributed by atoms with E-state index in [-0.39, 0.29) is 11.9 Å². The van der Waals surface area contributed by atoms with Gasteiger partial charge in [-0.1, -0.05) is 0 Å². The Balaban J connectivity index is 1.63. The first-order chi connectivity index (χ1) is 10.7. The summed E-state index contributed by atoms with van der Waals surface area (Å²) < 4.78 is 1.82. The van der Waals surface area contributed by atoms with Gasteiger partial charge in [-0.05, 0) is 31.9 Å². The number of hydrogen-bond donors (Lipinski definition) is 2. The SMILES string of the molecule is CCN1CCCC(NC(=O)Nc2ccc3nccn3c2)C1=O. The van der Waals surface area contributed by atoms with E-state index in [0.717, 1.165) is 18.6 Å². The molecule has 0 aromatic carbocycles. The summed E-state index contributed by atoms with van der Waals surface area (Å²) in [7, 11) is 0. The standard InChI is InChI=1S/C15H19N5O2/c1-2-19-8-3-4-12(14(19)21)18-15(22)17-11-5-6-13-16-7-9-20(13)10-11/h5-7,9-10,12H,2-4,8H2,1H3,(H2,17,18,22). The average Bonchev–Trinajstić information content (AvgIpc) is 2.97. The summed E-state index contributed by atoms with van der Waals surface area (Å²) in [5.74, 6) is -0.00559. The van der Waals surface area contributed by atoms with Crippen LogP contribution >= 0.6 is 0 Å². The molecule has 1 saturated heterocycles. The minimum Gasteiger partial charge on any atom is -0.341 e. The normalized spacial score (nSPS) is 18.5. The van der Waals surface area contributed by atoms with Crippen molar-refractivity contribution in [2.75, 3.05) is 18.4 Å². The van der Waals surface area contributed by atoms with Crippen molar-refractivity contribution in [1.29, 1.82) is 0 Å². The lowest BCUT2D eigenvalue weighted by molar-refractivity contribution is -0.135. The van der Waals surface area contributed by atoms with Crippen LogP contribution in [0.3, 0.4) is 0 Å². The van der Waals surface area contributed by atoms with E-state index >= 15 is 0 Å². The summed E-state index contributed by atoms with van der Waals surface area (Å²) in [4.78, 5) is 30.1. The van der Waals surface area contributed by atoms with Crippen LogP contribution in [0.2, 0.25) is 0 Å². The maximum atomic E-state index is 12.2. The number of carbonyl (C=O) groups is 2. The molecule has 0 aliphatic carbocycles. The van der Waals surface area contributed by atoms with Gasteiger partial charge in [0, 0.05) is 31.7 Å². The molecule has 1 atom stereocenters. The van der Waals surface area contributed by atoms with E-state index in [1.807, 2.05) is 23.6 Å². The summed E-state index contributed by atoms with van der Waals surface area (Å²) in [6.45, 7) is 3.39. The van der Waals surface area contributed by atoms with E-state index in [0.29, 0.717) is 18.7 Å². The van der Waals surface area contributed by atoms with Crippen molar-refractivity contribution >= 4 is 23.3 Å². The average molecular weight is 301 g/mol.